The highest BCUT2D eigenvalue weighted by Crippen LogP contribution is 2.32. The van der Waals surface area contributed by atoms with Gasteiger partial charge in [-0.25, -0.2) is 4.57 Å². The van der Waals surface area contributed by atoms with Gasteiger partial charge in [0, 0.05) is 17.1 Å². The Morgan fingerprint density at radius 3 is 2.11 bits per heavy atom. The van der Waals surface area contributed by atoms with Gasteiger partial charge in [-0.05, 0) is 103 Å². The van der Waals surface area contributed by atoms with Crippen LogP contribution in [0.5, 0.6) is 28.7 Å². The van der Waals surface area contributed by atoms with E-state index >= 15 is 0 Å². The Bertz CT molecular complexity index is 2680. The fourth-order valence-corrected chi connectivity index (χ4v) is 7.37. The number of halogens is 1. The first-order valence-electron chi connectivity index (χ1n) is 17.4. The van der Waals surface area contributed by atoms with E-state index in [1.165, 1.54) is 11.8 Å². The lowest BCUT2D eigenvalue weighted by atomic mass is 10.1. The summed E-state index contributed by atoms with van der Waals surface area (Å²) in [4.78, 5) is 14.0. The third-order valence-electron chi connectivity index (χ3n) is 8.87. The van der Waals surface area contributed by atoms with Gasteiger partial charge in [0.15, 0.2) is 16.7 Å². The Balaban J connectivity index is 1.18. The zero-order valence-electron chi connectivity index (χ0n) is 30.0. The van der Waals surface area contributed by atoms with Crippen molar-refractivity contribution in [3.8, 4) is 40.1 Å². The van der Waals surface area contributed by atoms with E-state index in [1.807, 2.05) is 113 Å². The van der Waals surface area contributed by atoms with Crippen molar-refractivity contribution in [3.05, 3.63) is 148 Å². The molecule has 0 saturated heterocycles. The van der Waals surface area contributed by atoms with Crippen LogP contribution in [0.15, 0.2) is 125 Å². The Morgan fingerprint density at radius 2 is 1.38 bits per heavy atom. The molecule has 55 heavy (non-hydrogen) atoms. The lowest BCUT2D eigenvalue weighted by Crippen LogP contribution is -2.22. The average molecular weight is 772 g/mol. The van der Waals surface area contributed by atoms with Crippen molar-refractivity contribution in [1.82, 2.24) is 33.9 Å². The Morgan fingerprint density at radius 1 is 0.691 bits per heavy atom. The summed E-state index contributed by atoms with van der Waals surface area (Å²) in [5.41, 5.74) is 2.79. The highest BCUT2D eigenvalue weighted by molar-refractivity contribution is 7.98. The van der Waals surface area contributed by atoms with Gasteiger partial charge >= 0.3 is 0 Å². The summed E-state index contributed by atoms with van der Waals surface area (Å²) < 4.78 is 28.2. The minimum Gasteiger partial charge on any atom is -0.494 e. The van der Waals surface area contributed by atoms with Crippen LogP contribution >= 0.6 is 23.4 Å². The number of para-hydroxylation sites is 1. The van der Waals surface area contributed by atoms with Crippen molar-refractivity contribution in [2.24, 2.45) is 0 Å². The maximum Gasteiger partial charge on any atom is 0.267 e. The zero-order valence-corrected chi connectivity index (χ0v) is 31.6. The number of hydrogen-bond acceptors (Lipinski definition) is 10. The highest BCUT2D eigenvalue weighted by atomic mass is 35.5. The van der Waals surface area contributed by atoms with Crippen molar-refractivity contribution in [1.29, 1.82) is 0 Å². The zero-order chi connectivity index (χ0) is 37.9. The van der Waals surface area contributed by atoms with Crippen LogP contribution in [-0.4, -0.2) is 54.8 Å². The fourth-order valence-electron chi connectivity index (χ4n) is 6.32. The SMILES string of the molecule is CCOc1ccc(-n2c(=O)c3ccc(Cl)cc3n3c(CSc4nnc(Cc5ccc(OC)c(OC)c5)n4-c4ccc(Oc5ccccc5)cc4)nnc23)cc1. The van der Waals surface area contributed by atoms with Crippen LogP contribution in [-0.2, 0) is 12.2 Å². The van der Waals surface area contributed by atoms with Crippen LogP contribution in [0.4, 0.5) is 0 Å². The number of fused-ring (bicyclic) bond motifs is 3. The van der Waals surface area contributed by atoms with Crippen molar-refractivity contribution in [2.75, 3.05) is 20.8 Å². The van der Waals surface area contributed by atoms with Gasteiger partial charge in [-0.3, -0.25) is 13.8 Å². The molecule has 0 aliphatic carbocycles. The van der Waals surface area contributed by atoms with E-state index in [0.717, 1.165) is 17.0 Å². The molecular weight excluding hydrogens is 738 g/mol. The van der Waals surface area contributed by atoms with Crippen LogP contribution in [0, 0.1) is 0 Å². The van der Waals surface area contributed by atoms with Gasteiger partial charge in [0.2, 0.25) is 5.78 Å². The van der Waals surface area contributed by atoms with Gasteiger partial charge in [0.1, 0.15) is 28.9 Å². The molecule has 0 aliphatic heterocycles. The first-order valence-corrected chi connectivity index (χ1v) is 18.7. The molecule has 0 unspecified atom stereocenters. The fraction of sp³-hybridized carbons (Fsp3) is 0.146. The van der Waals surface area contributed by atoms with Crippen LogP contribution < -0.4 is 24.5 Å². The third kappa shape index (κ3) is 7.19. The molecule has 276 valence electrons. The van der Waals surface area contributed by atoms with E-state index < -0.39 is 0 Å². The molecule has 0 atom stereocenters. The number of aromatic nitrogens is 7. The topological polar surface area (TPSA) is 120 Å². The van der Waals surface area contributed by atoms with Gasteiger partial charge in [-0.15, -0.1) is 20.4 Å². The number of hydrogen-bond donors (Lipinski definition) is 0. The number of benzene rings is 5. The Hall–Kier alpha value is -6.31. The second-order valence-electron chi connectivity index (χ2n) is 12.3. The molecule has 0 bridgehead atoms. The van der Waals surface area contributed by atoms with Crippen LogP contribution in [0.25, 0.3) is 28.1 Å². The summed E-state index contributed by atoms with van der Waals surface area (Å²) in [5, 5.41) is 20.0. The van der Waals surface area contributed by atoms with Crippen LogP contribution in [0.2, 0.25) is 5.02 Å². The molecule has 0 radical (unpaired) electrons. The smallest absolute Gasteiger partial charge is 0.267 e. The van der Waals surface area contributed by atoms with Gasteiger partial charge in [0.05, 0.1) is 43.2 Å². The largest absolute Gasteiger partial charge is 0.494 e. The van der Waals surface area contributed by atoms with E-state index in [9.17, 15) is 4.79 Å². The number of methoxy groups -OCH3 is 2. The molecule has 0 fully saturated rings. The summed E-state index contributed by atoms with van der Waals surface area (Å²) in [6, 6.07) is 35.7. The molecule has 3 aromatic heterocycles. The standard InChI is InChI=1S/C41H34ClN7O5S/c1-4-53-30-16-12-29(13-17-30)48-39(50)33-20-11-27(42)24-34(33)49-38(44-45-40(48)49)25-55-41-46-43-37(23-26-10-21-35(51-2)36(22-26)52-3)47(41)28-14-18-32(19-15-28)54-31-8-6-5-7-9-31/h5-22,24H,4,23,25H2,1-3H3. The summed E-state index contributed by atoms with van der Waals surface area (Å²) in [6.45, 7) is 2.45. The molecule has 0 N–H and O–H groups in total. The molecule has 0 amide bonds. The number of rotatable bonds is 13. The summed E-state index contributed by atoms with van der Waals surface area (Å²) in [7, 11) is 3.22. The average Bonchev–Trinajstić information content (AvgIpc) is 3.82. The van der Waals surface area contributed by atoms with Crippen molar-refractivity contribution < 1.29 is 18.9 Å². The lowest BCUT2D eigenvalue weighted by Gasteiger charge is -2.13. The van der Waals surface area contributed by atoms with E-state index in [0.29, 0.717) is 86.0 Å². The maximum atomic E-state index is 14.0. The predicted octanol–water partition coefficient (Wildman–Crippen LogP) is 8.36. The van der Waals surface area contributed by atoms with Gasteiger partial charge in [-0.2, -0.15) is 0 Å². The second-order valence-corrected chi connectivity index (χ2v) is 13.7. The molecular formula is C41H34ClN7O5S. The molecule has 0 aliphatic rings. The van der Waals surface area contributed by atoms with Crippen molar-refractivity contribution in [3.63, 3.8) is 0 Å². The molecule has 0 saturated carbocycles. The number of nitrogens with zero attached hydrogens (tertiary/aromatic N) is 7. The third-order valence-corrected chi connectivity index (χ3v) is 10.0. The first-order chi connectivity index (χ1) is 26.9. The minimum absolute atomic E-state index is 0.242. The Labute approximate surface area is 324 Å². The molecule has 12 nitrogen and oxygen atoms in total. The number of ether oxygens (including phenoxy) is 4. The Kier molecular flexibility index (Phi) is 10.1. The highest BCUT2D eigenvalue weighted by Gasteiger charge is 2.21. The maximum absolute atomic E-state index is 14.0. The molecule has 14 heteroatoms. The summed E-state index contributed by atoms with van der Waals surface area (Å²) in [6.07, 6.45) is 0.460. The van der Waals surface area contributed by atoms with Crippen LogP contribution in [0.1, 0.15) is 24.1 Å². The van der Waals surface area contributed by atoms with E-state index in [2.05, 4.69) is 20.4 Å². The van der Waals surface area contributed by atoms with Gasteiger partial charge in [-0.1, -0.05) is 47.6 Å². The first kappa shape index (κ1) is 35.7. The van der Waals surface area contributed by atoms with Crippen molar-refractivity contribution in [2.45, 2.75) is 24.3 Å². The van der Waals surface area contributed by atoms with Crippen molar-refractivity contribution >= 4 is 40.0 Å². The minimum atomic E-state index is -0.242. The molecule has 8 rings (SSSR count). The normalized spacial score (nSPS) is 11.3. The molecule has 0 spiro atoms. The van der Waals surface area contributed by atoms with E-state index in [-0.39, 0.29) is 5.56 Å². The quantitative estimate of drug-likeness (QED) is 0.106. The van der Waals surface area contributed by atoms with E-state index in [4.69, 9.17) is 30.5 Å². The number of thioether (sulfide) groups is 1. The monoisotopic (exact) mass is 771 g/mol. The van der Waals surface area contributed by atoms with Gasteiger partial charge < -0.3 is 18.9 Å². The van der Waals surface area contributed by atoms with E-state index in [1.54, 1.807) is 37.0 Å². The summed E-state index contributed by atoms with van der Waals surface area (Å²) in [5.74, 6) is 5.39. The lowest BCUT2D eigenvalue weighted by molar-refractivity contribution is 0.340. The molecule has 3 heterocycles. The van der Waals surface area contributed by atoms with Gasteiger partial charge in [0.25, 0.3) is 5.56 Å². The predicted molar refractivity (Wildman–Crippen MR) is 212 cm³/mol. The van der Waals surface area contributed by atoms with Crippen LogP contribution in [0.3, 0.4) is 0 Å². The molecule has 5 aromatic carbocycles. The summed E-state index contributed by atoms with van der Waals surface area (Å²) >= 11 is 7.94. The molecule has 8 aromatic rings. The second kappa shape index (κ2) is 15.6.